The van der Waals surface area contributed by atoms with Gasteiger partial charge in [0, 0.05) is 12.3 Å². The number of alkyl halides is 3. The third kappa shape index (κ3) is 14.2. The molecule has 0 amide bonds. The molecule has 5 heteroatoms. The van der Waals surface area contributed by atoms with Gasteiger partial charge in [-0.2, -0.15) is 8.78 Å². The average molecular weight is 373 g/mol. The zero-order chi connectivity index (χ0) is 16.8. The van der Waals surface area contributed by atoms with Gasteiger partial charge in [-0.05, 0) is 18.9 Å². The van der Waals surface area contributed by atoms with Crippen molar-refractivity contribution in [3.05, 3.63) is 35.9 Å². The van der Waals surface area contributed by atoms with Gasteiger partial charge >= 0.3 is 0 Å². The maximum Gasteiger partial charge on any atom is 0.294 e. The van der Waals surface area contributed by atoms with E-state index in [4.69, 9.17) is 0 Å². The molecule has 120 valence electrons. The molecule has 0 aliphatic heterocycles. The first-order valence-electron chi connectivity index (χ1n) is 6.71. The fourth-order valence-corrected chi connectivity index (χ4v) is 0.941. The van der Waals surface area contributed by atoms with Crippen LogP contribution in [-0.4, -0.2) is 19.0 Å². The Morgan fingerprint density at radius 2 is 1.35 bits per heavy atom. The van der Waals surface area contributed by atoms with E-state index in [2.05, 4.69) is 28.1 Å². The highest BCUT2D eigenvalue weighted by atomic mass is 79.9. The molecule has 0 saturated heterocycles. The van der Waals surface area contributed by atoms with Crippen LogP contribution >= 0.6 is 23.1 Å². The molecular formula is C15H28BrF2OP. The molecule has 0 saturated carbocycles. The van der Waals surface area contributed by atoms with Crippen LogP contribution in [0.2, 0.25) is 0 Å². The van der Waals surface area contributed by atoms with Crippen molar-refractivity contribution in [2.75, 3.05) is 13.3 Å². The van der Waals surface area contributed by atoms with Gasteiger partial charge in [0.15, 0.2) is 0 Å². The summed E-state index contributed by atoms with van der Waals surface area (Å²) in [6.07, 6.45) is 0. The summed E-state index contributed by atoms with van der Waals surface area (Å²) in [4.78, 5) is 0. The van der Waals surface area contributed by atoms with Crippen molar-refractivity contribution in [2.45, 2.75) is 45.6 Å². The van der Waals surface area contributed by atoms with Gasteiger partial charge in [-0.1, -0.05) is 74.0 Å². The second-order valence-corrected chi connectivity index (χ2v) is 7.86. The van der Waals surface area contributed by atoms with Gasteiger partial charge in [-0.15, -0.1) is 0 Å². The Labute approximate surface area is 131 Å². The minimum Gasteiger partial charge on any atom is -0.318 e. The van der Waals surface area contributed by atoms with Crippen molar-refractivity contribution < 1.29 is 13.3 Å². The Bertz CT molecular complexity index is 345. The Morgan fingerprint density at radius 3 is 1.50 bits per heavy atom. The topological polar surface area (TPSA) is 17.1 Å². The fourth-order valence-electron chi connectivity index (χ4n) is 0.567. The predicted octanol–water partition coefficient (Wildman–Crippen LogP) is 6.86. The molecule has 1 aromatic carbocycles. The van der Waals surface area contributed by atoms with Gasteiger partial charge in [0.2, 0.25) is 0 Å². The summed E-state index contributed by atoms with van der Waals surface area (Å²) in [6, 6.07) is 10.3. The van der Waals surface area contributed by atoms with Crippen LogP contribution in [0.3, 0.4) is 0 Å². The molecule has 1 aromatic rings. The normalized spacial score (nSPS) is 9.90. The first-order chi connectivity index (χ1) is 9.18. The average Bonchev–Trinajstić information content (AvgIpc) is 2.43. The van der Waals surface area contributed by atoms with Gasteiger partial charge in [-0.25, -0.2) is 0 Å². The minimum atomic E-state index is -3.18. The highest BCUT2D eigenvalue weighted by Crippen LogP contribution is 2.53. The van der Waals surface area contributed by atoms with Crippen molar-refractivity contribution in [1.29, 1.82) is 0 Å². The van der Waals surface area contributed by atoms with Gasteiger partial charge < -0.3 is 4.57 Å². The van der Waals surface area contributed by atoms with E-state index >= 15 is 0 Å². The molecule has 0 aromatic heterocycles. The van der Waals surface area contributed by atoms with Crippen LogP contribution < -0.4 is 0 Å². The second kappa shape index (κ2) is 13.8. The van der Waals surface area contributed by atoms with Crippen LogP contribution in [-0.2, 0) is 9.90 Å². The quantitative estimate of drug-likeness (QED) is 0.409. The third-order valence-electron chi connectivity index (χ3n) is 1.94. The molecule has 0 radical (unpaired) electrons. The van der Waals surface area contributed by atoms with E-state index in [0.29, 0.717) is 6.92 Å². The molecule has 0 heterocycles. The van der Waals surface area contributed by atoms with Gasteiger partial charge in [0.25, 0.3) is 5.66 Å². The van der Waals surface area contributed by atoms with E-state index in [9.17, 15) is 13.3 Å². The summed E-state index contributed by atoms with van der Waals surface area (Å²) in [5.74, 6) is 0. The monoisotopic (exact) mass is 372 g/mol. The number of hydrogen-bond acceptors (Lipinski definition) is 1. The molecule has 0 N–H and O–H groups in total. The minimum absolute atomic E-state index is 0.674. The summed E-state index contributed by atoms with van der Waals surface area (Å²) in [5.41, 5.74) is -1.68. The fraction of sp³-hybridized carbons (Fsp3) is 0.600. The number of halogens is 3. The summed E-state index contributed by atoms with van der Waals surface area (Å²) < 4.78 is 34.4. The summed E-state index contributed by atoms with van der Waals surface area (Å²) in [6.45, 7) is 10.8. The van der Waals surface area contributed by atoms with E-state index in [1.807, 2.05) is 45.9 Å². The molecule has 20 heavy (non-hydrogen) atoms. The second-order valence-electron chi connectivity index (χ2n) is 3.81. The van der Waals surface area contributed by atoms with Gasteiger partial charge in [0.1, 0.15) is 7.14 Å². The van der Waals surface area contributed by atoms with Crippen LogP contribution in [0.25, 0.3) is 0 Å². The van der Waals surface area contributed by atoms with Crippen molar-refractivity contribution >= 4 is 23.1 Å². The smallest absolute Gasteiger partial charge is 0.294 e. The lowest BCUT2D eigenvalue weighted by atomic mass is 10.2. The van der Waals surface area contributed by atoms with E-state index < -0.39 is 12.8 Å². The summed E-state index contributed by atoms with van der Waals surface area (Å²) in [7, 11) is -3.18. The van der Waals surface area contributed by atoms with Crippen molar-refractivity contribution in [3.63, 3.8) is 0 Å². The lowest BCUT2D eigenvalue weighted by Crippen LogP contribution is -2.07. The Hall–Kier alpha value is -0.210. The number of rotatable bonds is 2. The zero-order valence-corrected chi connectivity index (χ0v) is 16.1. The zero-order valence-electron chi connectivity index (χ0n) is 13.6. The Kier molecular flexibility index (Phi) is 17.1. The molecule has 0 fully saturated rings. The van der Waals surface area contributed by atoms with Crippen LogP contribution in [0.5, 0.6) is 0 Å². The standard InChI is InChI=1S/C7H7Br.C4H9F2OP.2C2H6/c8-6-7-4-2-1-3-5-7;1-4(5,6)8(2,3)7;2*1-2/h1-5H,6H2;1-3H3;2*1-2H3. The lowest BCUT2D eigenvalue weighted by Gasteiger charge is -2.14. The van der Waals surface area contributed by atoms with Crippen LogP contribution in [0, 0.1) is 0 Å². The maximum absolute atomic E-state index is 12.0. The SMILES string of the molecule is BrCc1ccccc1.CC.CC.CC(F)(F)P(C)(C)=O. The first-order valence-corrected chi connectivity index (χ1v) is 10.4. The summed E-state index contributed by atoms with van der Waals surface area (Å²) >= 11 is 3.36. The molecule has 0 aliphatic rings. The largest absolute Gasteiger partial charge is 0.318 e. The highest BCUT2D eigenvalue weighted by molar-refractivity contribution is 9.08. The van der Waals surface area contributed by atoms with E-state index in [-0.39, 0.29) is 0 Å². The van der Waals surface area contributed by atoms with Crippen molar-refractivity contribution in [3.8, 4) is 0 Å². The first kappa shape index (κ1) is 24.8. The number of hydrogen-bond donors (Lipinski definition) is 0. The maximum atomic E-state index is 12.0. The highest BCUT2D eigenvalue weighted by Gasteiger charge is 2.36. The molecular weight excluding hydrogens is 345 g/mol. The Balaban J connectivity index is -0.000000231. The number of benzene rings is 1. The van der Waals surface area contributed by atoms with Gasteiger partial charge in [0.05, 0.1) is 0 Å². The molecule has 0 atom stereocenters. The molecule has 0 bridgehead atoms. The molecule has 0 aliphatic carbocycles. The van der Waals surface area contributed by atoms with Crippen molar-refractivity contribution in [2.24, 2.45) is 0 Å². The Morgan fingerprint density at radius 1 is 1.05 bits per heavy atom. The van der Waals surface area contributed by atoms with E-state index in [1.54, 1.807) is 0 Å². The van der Waals surface area contributed by atoms with E-state index in [0.717, 1.165) is 18.7 Å². The molecule has 1 nitrogen and oxygen atoms in total. The van der Waals surface area contributed by atoms with Crippen LogP contribution in [0.15, 0.2) is 30.3 Å². The van der Waals surface area contributed by atoms with Crippen molar-refractivity contribution in [1.82, 2.24) is 0 Å². The predicted molar refractivity (Wildman–Crippen MR) is 91.8 cm³/mol. The van der Waals surface area contributed by atoms with E-state index in [1.165, 1.54) is 5.56 Å². The summed E-state index contributed by atoms with van der Waals surface area (Å²) in [5, 5.41) is 0.952. The third-order valence-corrected chi connectivity index (χ3v) is 4.48. The lowest BCUT2D eigenvalue weighted by molar-refractivity contribution is 0.113. The van der Waals surface area contributed by atoms with Gasteiger partial charge in [-0.3, -0.25) is 0 Å². The van der Waals surface area contributed by atoms with Crippen LogP contribution in [0.4, 0.5) is 8.78 Å². The molecule has 1 rings (SSSR count). The van der Waals surface area contributed by atoms with Crippen LogP contribution in [0.1, 0.15) is 40.2 Å². The molecule has 0 unspecified atom stereocenters. The molecule has 0 spiro atoms.